The summed E-state index contributed by atoms with van der Waals surface area (Å²) in [4.78, 5) is 25.2. The van der Waals surface area contributed by atoms with Gasteiger partial charge in [0.1, 0.15) is 17.3 Å². The third-order valence-corrected chi connectivity index (χ3v) is 6.20. The molecular weight excluding hydrogens is 324 g/mol. The quantitative estimate of drug-likeness (QED) is 0.576. The van der Waals surface area contributed by atoms with Crippen molar-refractivity contribution in [2.45, 2.75) is 57.7 Å². The summed E-state index contributed by atoms with van der Waals surface area (Å²) >= 11 is 0. The van der Waals surface area contributed by atoms with E-state index in [0.29, 0.717) is 11.3 Å². The number of allylic oxidation sites excluding steroid dienone is 1. The van der Waals surface area contributed by atoms with Gasteiger partial charge in [-0.1, -0.05) is 6.58 Å². The summed E-state index contributed by atoms with van der Waals surface area (Å²) in [5, 5.41) is 11.2. The predicted molar refractivity (Wildman–Crippen MR) is 87.1 cm³/mol. The van der Waals surface area contributed by atoms with Crippen LogP contribution in [0.4, 0.5) is 0 Å². The lowest BCUT2D eigenvalue weighted by Gasteiger charge is -2.34. The first-order valence-electron chi connectivity index (χ1n) is 8.44. The van der Waals surface area contributed by atoms with Crippen molar-refractivity contribution in [2.75, 3.05) is 0 Å². The van der Waals surface area contributed by atoms with Crippen LogP contribution in [0.5, 0.6) is 0 Å². The molecular formula is C19H22O6. The van der Waals surface area contributed by atoms with Gasteiger partial charge in [-0.15, -0.1) is 0 Å². The number of carbonyl (C=O) groups is 2. The van der Waals surface area contributed by atoms with Gasteiger partial charge in [-0.3, -0.25) is 9.59 Å². The zero-order valence-corrected chi connectivity index (χ0v) is 14.8. The van der Waals surface area contributed by atoms with Crippen molar-refractivity contribution in [1.29, 1.82) is 0 Å². The Kier molecular flexibility index (Phi) is 3.06. The number of ketones is 1. The SMILES string of the molecule is C=C(C)[C@@]1(O)O[C@H]2C[C@@]3(C)OC(=CC3=O)/C(C)=C\[C@H]3OC(=O)[C@@]1(C)[C@H]23. The summed E-state index contributed by atoms with van der Waals surface area (Å²) in [6.07, 6.45) is 2.33. The molecule has 0 saturated carbocycles. The third kappa shape index (κ3) is 1.81. The maximum Gasteiger partial charge on any atom is 0.318 e. The third-order valence-electron chi connectivity index (χ3n) is 6.20. The van der Waals surface area contributed by atoms with Crippen LogP contribution in [-0.2, 0) is 23.8 Å². The van der Waals surface area contributed by atoms with Crippen LogP contribution < -0.4 is 0 Å². The Balaban J connectivity index is 1.90. The number of fused-ring (bicyclic) bond motifs is 2. The van der Waals surface area contributed by atoms with Gasteiger partial charge in [-0.05, 0) is 44.9 Å². The van der Waals surface area contributed by atoms with Crippen LogP contribution in [-0.4, -0.2) is 40.5 Å². The van der Waals surface area contributed by atoms with Gasteiger partial charge in [-0.25, -0.2) is 0 Å². The second kappa shape index (κ2) is 4.62. The topological polar surface area (TPSA) is 82.1 Å². The maximum atomic E-state index is 12.7. The average Bonchev–Trinajstić information content (AvgIpc) is 3.03. The largest absolute Gasteiger partial charge is 0.479 e. The van der Waals surface area contributed by atoms with E-state index < -0.39 is 40.9 Å². The van der Waals surface area contributed by atoms with Crippen LogP contribution in [0.25, 0.3) is 0 Å². The minimum Gasteiger partial charge on any atom is -0.479 e. The number of hydrogen-bond donors (Lipinski definition) is 1. The summed E-state index contributed by atoms with van der Waals surface area (Å²) in [7, 11) is 0. The van der Waals surface area contributed by atoms with Crippen molar-refractivity contribution < 1.29 is 28.9 Å². The Morgan fingerprint density at radius 3 is 2.68 bits per heavy atom. The minimum atomic E-state index is -1.84. The molecule has 0 radical (unpaired) electrons. The van der Waals surface area contributed by atoms with E-state index in [0.717, 1.165) is 5.57 Å². The predicted octanol–water partition coefficient (Wildman–Crippen LogP) is 1.79. The highest BCUT2D eigenvalue weighted by atomic mass is 16.7. The van der Waals surface area contributed by atoms with Gasteiger partial charge in [-0.2, -0.15) is 0 Å². The van der Waals surface area contributed by atoms with Gasteiger partial charge in [0.25, 0.3) is 0 Å². The van der Waals surface area contributed by atoms with Crippen LogP contribution >= 0.6 is 0 Å². The minimum absolute atomic E-state index is 0.144. The highest BCUT2D eigenvalue weighted by molar-refractivity contribution is 6.00. The van der Waals surface area contributed by atoms with Crippen molar-refractivity contribution >= 4 is 11.8 Å². The number of aliphatic hydroxyl groups is 1. The van der Waals surface area contributed by atoms with E-state index in [1.807, 2.05) is 6.92 Å². The summed E-state index contributed by atoms with van der Waals surface area (Å²) in [5.41, 5.74) is -1.31. The fourth-order valence-corrected chi connectivity index (χ4v) is 4.64. The molecule has 0 aliphatic carbocycles. The lowest BCUT2D eigenvalue weighted by atomic mass is 9.67. The van der Waals surface area contributed by atoms with Gasteiger partial charge in [0.2, 0.25) is 11.6 Å². The van der Waals surface area contributed by atoms with Crippen molar-refractivity contribution in [3.63, 3.8) is 0 Å². The molecule has 2 saturated heterocycles. The first-order valence-corrected chi connectivity index (χ1v) is 8.44. The van der Waals surface area contributed by atoms with Gasteiger partial charge < -0.3 is 19.3 Å². The van der Waals surface area contributed by atoms with E-state index in [-0.39, 0.29) is 12.2 Å². The molecule has 25 heavy (non-hydrogen) atoms. The summed E-state index contributed by atoms with van der Waals surface area (Å²) < 4.78 is 17.5. The first kappa shape index (κ1) is 16.5. The zero-order valence-electron chi connectivity index (χ0n) is 14.8. The Morgan fingerprint density at radius 1 is 1.36 bits per heavy atom. The van der Waals surface area contributed by atoms with Crippen LogP contribution in [0.2, 0.25) is 0 Å². The van der Waals surface area contributed by atoms with E-state index in [9.17, 15) is 14.7 Å². The fraction of sp³-hybridized carbons (Fsp3) is 0.579. The number of carbonyl (C=O) groups excluding carboxylic acids is 2. The van der Waals surface area contributed by atoms with Crippen molar-refractivity contribution in [3.05, 3.63) is 35.6 Å². The zero-order chi connectivity index (χ0) is 18.4. The highest BCUT2D eigenvalue weighted by Crippen LogP contribution is 2.60. The molecule has 0 amide bonds. The van der Waals surface area contributed by atoms with Crippen molar-refractivity contribution in [1.82, 2.24) is 0 Å². The molecule has 6 heteroatoms. The molecule has 0 aromatic rings. The van der Waals surface area contributed by atoms with Crippen molar-refractivity contribution in [2.24, 2.45) is 11.3 Å². The molecule has 1 N–H and O–H groups in total. The fourth-order valence-electron chi connectivity index (χ4n) is 4.64. The highest BCUT2D eigenvalue weighted by Gasteiger charge is 2.74. The molecule has 4 rings (SSSR count). The van der Waals surface area contributed by atoms with E-state index in [4.69, 9.17) is 14.2 Å². The number of hydrogen-bond acceptors (Lipinski definition) is 6. The Bertz CT molecular complexity index is 779. The molecule has 6 atom stereocenters. The van der Waals surface area contributed by atoms with Gasteiger partial charge >= 0.3 is 5.97 Å². The number of rotatable bonds is 1. The molecule has 6 nitrogen and oxygen atoms in total. The van der Waals surface area contributed by atoms with Crippen molar-refractivity contribution in [3.8, 4) is 0 Å². The smallest absolute Gasteiger partial charge is 0.318 e. The van der Waals surface area contributed by atoms with Crippen LogP contribution in [0.1, 0.15) is 34.1 Å². The molecule has 4 aliphatic heterocycles. The summed E-state index contributed by atoms with van der Waals surface area (Å²) in [6, 6.07) is 0. The Morgan fingerprint density at radius 2 is 2.04 bits per heavy atom. The molecule has 4 aliphatic rings. The normalized spacial score (nSPS) is 49.9. The van der Waals surface area contributed by atoms with Gasteiger partial charge in [0.05, 0.1) is 6.10 Å². The maximum absolute atomic E-state index is 12.7. The standard InChI is InChI=1S/C19H22O6/c1-9(2)19(22)18(5)15-12(23-16(18)21)6-10(3)11-7-14(20)17(4,24-11)8-13(15)25-19/h6-7,12-13,15,22H,1,8H2,2-5H3/b10-6-/t12-,13+,15+,17-,18-,19-/m1/s1. The molecule has 0 aromatic carbocycles. The molecule has 2 bridgehead atoms. The van der Waals surface area contributed by atoms with Crippen LogP contribution in [0, 0.1) is 11.3 Å². The average molecular weight is 346 g/mol. The second-order valence-electron chi connectivity index (χ2n) is 7.94. The molecule has 0 spiro atoms. The lowest BCUT2D eigenvalue weighted by molar-refractivity contribution is -0.219. The van der Waals surface area contributed by atoms with E-state index >= 15 is 0 Å². The monoisotopic (exact) mass is 346 g/mol. The molecule has 0 aromatic heterocycles. The van der Waals surface area contributed by atoms with Gasteiger partial charge in [0.15, 0.2) is 5.60 Å². The summed E-state index contributed by atoms with van der Waals surface area (Å²) in [5.74, 6) is -2.45. The molecule has 0 unspecified atom stereocenters. The number of esters is 1. The van der Waals surface area contributed by atoms with Crippen LogP contribution in [0.3, 0.4) is 0 Å². The van der Waals surface area contributed by atoms with Gasteiger partial charge in [0, 0.05) is 18.4 Å². The Labute approximate surface area is 146 Å². The van der Waals surface area contributed by atoms with E-state index in [1.165, 1.54) is 6.08 Å². The molecule has 2 fully saturated rings. The number of ether oxygens (including phenoxy) is 3. The lowest BCUT2D eigenvalue weighted by Crippen LogP contribution is -2.49. The van der Waals surface area contributed by atoms with E-state index in [2.05, 4.69) is 6.58 Å². The Hall–Kier alpha value is -1.92. The van der Waals surface area contributed by atoms with E-state index in [1.54, 1.807) is 26.8 Å². The first-order chi connectivity index (χ1) is 11.5. The van der Waals surface area contributed by atoms with Crippen LogP contribution in [0.15, 0.2) is 35.6 Å². The molecule has 134 valence electrons. The second-order valence-corrected chi connectivity index (χ2v) is 7.94. The molecule has 4 heterocycles. The summed E-state index contributed by atoms with van der Waals surface area (Å²) in [6.45, 7) is 10.6.